The number of rotatable bonds is 7. The minimum absolute atomic E-state index is 0.132. The molecule has 1 unspecified atom stereocenters. The maximum Gasteiger partial charge on any atom is 0.198 e. The second-order valence-electron chi connectivity index (χ2n) is 8.70. The minimum atomic E-state index is -0.488. The van der Waals surface area contributed by atoms with E-state index in [0.717, 1.165) is 28.1 Å². The van der Waals surface area contributed by atoms with Crippen LogP contribution >= 0.6 is 11.6 Å². The van der Waals surface area contributed by atoms with Crippen LogP contribution in [-0.4, -0.2) is 11.6 Å². The third kappa shape index (κ3) is 4.83. The highest BCUT2D eigenvalue weighted by molar-refractivity contribution is 6.44. The number of hydrogen-bond donors (Lipinski definition) is 0. The molecule has 0 saturated carbocycles. The SMILES string of the molecule is CC(=O)C1=NN(c2ccc(C)cc2)C(c2cc(Cl)ccc2OCc2ccccc2)N1c1ccccc1. The van der Waals surface area contributed by atoms with E-state index in [4.69, 9.17) is 21.4 Å². The van der Waals surface area contributed by atoms with Gasteiger partial charge in [-0.05, 0) is 55.0 Å². The number of ketones is 1. The predicted molar refractivity (Wildman–Crippen MR) is 146 cm³/mol. The third-order valence-electron chi connectivity index (χ3n) is 6.04. The molecular formula is C30H26ClN3O2. The average Bonchev–Trinajstić information content (AvgIpc) is 3.30. The Hall–Kier alpha value is -4.09. The van der Waals surface area contributed by atoms with E-state index in [-0.39, 0.29) is 5.78 Å². The first-order chi connectivity index (χ1) is 17.5. The van der Waals surface area contributed by atoms with Crippen molar-refractivity contribution in [1.82, 2.24) is 0 Å². The Morgan fingerprint density at radius 2 is 1.56 bits per heavy atom. The number of aryl methyl sites for hydroxylation is 1. The van der Waals surface area contributed by atoms with Crippen molar-refractivity contribution in [3.8, 4) is 5.75 Å². The maximum absolute atomic E-state index is 12.8. The van der Waals surface area contributed by atoms with Gasteiger partial charge >= 0.3 is 0 Å². The molecule has 4 aromatic carbocycles. The number of ether oxygens (including phenoxy) is 1. The van der Waals surface area contributed by atoms with Gasteiger partial charge in [-0.3, -0.25) is 9.69 Å². The summed E-state index contributed by atoms with van der Waals surface area (Å²) >= 11 is 6.52. The lowest BCUT2D eigenvalue weighted by molar-refractivity contribution is -0.111. The molecule has 0 N–H and O–H groups in total. The van der Waals surface area contributed by atoms with Crippen molar-refractivity contribution in [2.75, 3.05) is 9.91 Å². The lowest BCUT2D eigenvalue weighted by atomic mass is 10.1. The molecule has 1 aliphatic heterocycles. The van der Waals surface area contributed by atoms with E-state index in [9.17, 15) is 4.79 Å². The van der Waals surface area contributed by atoms with Crippen molar-refractivity contribution in [2.45, 2.75) is 26.6 Å². The monoisotopic (exact) mass is 495 g/mol. The van der Waals surface area contributed by atoms with E-state index in [1.165, 1.54) is 6.92 Å². The van der Waals surface area contributed by atoms with E-state index < -0.39 is 6.17 Å². The number of carbonyl (C=O) groups is 1. The Balaban J connectivity index is 1.65. The van der Waals surface area contributed by atoms with E-state index in [2.05, 4.69) is 0 Å². The molecule has 0 amide bonds. The zero-order valence-electron chi connectivity index (χ0n) is 20.1. The van der Waals surface area contributed by atoms with Crippen molar-refractivity contribution < 1.29 is 9.53 Å². The molecular weight excluding hydrogens is 470 g/mol. The molecule has 1 aliphatic rings. The number of nitrogens with zero attached hydrogens (tertiary/aromatic N) is 3. The van der Waals surface area contributed by atoms with Crippen LogP contribution in [0.15, 0.2) is 108 Å². The summed E-state index contributed by atoms with van der Waals surface area (Å²) in [5, 5.41) is 7.26. The van der Waals surface area contributed by atoms with Gasteiger partial charge in [0.15, 0.2) is 17.8 Å². The van der Waals surface area contributed by atoms with Crippen LogP contribution in [0.2, 0.25) is 5.02 Å². The molecule has 0 saturated heterocycles. The van der Waals surface area contributed by atoms with Gasteiger partial charge in [0.1, 0.15) is 12.4 Å². The molecule has 1 atom stereocenters. The summed E-state index contributed by atoms with van der Waals surface area (Å²) in [5.41, 5.74) is 4.71. The molecule has 0 bridgehead atoms. The molecule has 36 heavy (non-hydrogen) atoms. The number of anilines is 2. The molecule has 5 rings (SSSR count). The molecule has 1 heterocycles. The molecule has 0 radical (unpaired) electrons. The summed E-state index contributed by atoms with van der Waals surface area (Å²) in [6.45, 7) is 3.98. The average molecular weight is 496 g/mol. The fraction of sp³-hybridized carbons (Fsp3) is 0.133. The Bertz CT molecular complexity index is 1390. The number of Topliss-reactive ketones (excluding diaryl/α,β-unsaturated/α-hetero) is 1. The molecule has 5 nitrogen and oxygen atoms in total. The lowest BCUT2D eigenvalue weighted by Crippen LogP contribution is -2.38. The molecule has 0 aliphatic carbocycles. The van der Waals surface area contributed by atoms with Crippen molar-refractivity contribution in [2.24, 2.45) is 5.10 Å². The Labute approximate surface area is 216 Å². The van der Waals surface area contributed by atoms with Gasteiger partial charge in [-0.25, -0.2) is 5.01 Å². The van der Waals surface area contributed by atoms with Crippen molar-refractivity contribution in [3.05, 3.63) is 125 Å². The van der Waals surface area contributed by atoms with Crippen LogP contribution < -0.4 is 14.6 Å². The van der Waals surface area contributed by atoms with Gasteiger partial charge in [-0.2, -0.15) is 0 Å². The molecule has 180 valence electrons. The van der Waals surface area contributed by atoms with Crippen molar-refractivity contribution in [3.63, 3.8) is 0 Å². The van der Waals surface area contributed by atoms with Gasteiger partial charge in [-0.15, -0.1) is 5.10 Å². The third-order valence-corrected chi connectivity index (χ3v) is 6.28. The predicted octanol–water partition coefficient (Wildman–Crippen LogP) is 7.16. The lowest BCUT2D eigenvalue weighted by Gasteiger charge is -2.33. The van der Waals surface area contributed by atoms with E-state index >= 15 is 0 Å². The number of hydrazone groups is 1. The van der Waals surface area contributed by atoms with Crippen LogP contribution in [0.5, 0.6) is 5.75 Å². The van der Waals surface area contributed by atoms with Gasteiger partial charge in [0.05, 0.1) is 5.69 Å². The second kappa shape index (κ2) is 10.3. The van der Waals surface area contributed by atoms with Crippen LogP contribution in [0, 0.1) is 6.92 Å². The molecule has 0 fully saturated rings. The highest BCUT2D eigenvalue weighted by Crippen LogP contribution is 2.43. The quantitative estimate of drug-likeness (QED) is 0.273. The number of amidine groups is 1. The summed E-state index contributed by atoms with van der Waals surface area (Å²) in [4.78, 5) is 14.8. The van der Waals surface area contributed by atoms with Gasteiger partial charge in [0.2, 0.25) is 0 Å². The first-order valence-electron chi connectivity index (χ1n) is 11.8. The number of halogens is 1. The molecule has 6 heteroatoms. The largest absolute Gasteiger partial charge is 0.488 e. The number of carbonyl (C=O) groups excluding carboxylic acids is 1. The smallest absolute Gasteiger partial charge is 0.198 e. The molecule has 0 aromatic heterocycles. The van der Waals surface area contributed by atoms with Crippen LogP contribution in [0.25, 0.3) is 0 Å². The van der Waals surface area contributed by atoms with Gasteiger partial charge in [0, 0.05) is 23.2 Å². The maximum atomic E-state index is 12.8. The highest BCUT2D eigenvalue weighted by atomic mass is 35.5. The summed E-state index contributed by atoms with van der Waals surface area (Å²) in [5.74, 6) is 0.888. The van der Waals surface area contributed by atoms with Gasteiger partial charge < -0.3 is 4.74 Å². The Kier molecular flexibility index (Phi) is 6.74. The normalized spacial score (nSPS) is 15.1. The molecule has 4 aromatic rings. The van der Waals surface area contributed by atoms with E-state index in [1.54, 1.807) is 0 Å². The van der Waals surface area contributed by atoms with Gasteiger partial charge in [0.25, 0.3) is 0 Å². The van der Waals surface area contributed by atoms with Gasteiger partial charge in [-0.1, -0.05) is 77.8 Å². The summed E-state index contributed by atoms with van der Waals surface area (Å²) < 4.78 is 6.33. The first kappa shape index (κ1) is 23.6. The van der Waals surface area contributed by atoms with Crippen LogP contribution in [0.4, 0.5) is 11.4 Å². The summed E-state index contributed by atoms with van der Waals surface area (Å²) in [6.07, 6.45) is -0.488. The fourth-order valence-electron chi connectivity index (χ4n) is 4.28. The number of para-hydroxylation sites is 1. The fourth-order valence-corrected chi connectivity index (χ4v) is 4.46. The summed E-state index contributed by atoms with van der Waals surface area (Å²) in [6, 6.07) is 33.5. The standard InChI is InChI=1S/C30H26ClN3O2/c1-21-13-16-26(17-14-21)34-30(33(29(32-34)22(2)35)25-11-7-4-8-12-25)27-19-24(31)15-18-28(27)36-20-23-9-5-3-6-10-23/h3-19,30H,20H2,1-2H3. The van der Waals surface area contributed by atoms with Crippen molar-refractivity contribution in [1.29, 1.82) is 0 Å². The van der Waals surface area contributed by atoms with Crippen molar-refractivity contribution >= 4 is 34.6 Å². The van der Waals surface area contributed by atoms with Crippen LogP contribution in [0.1, 0.15) is 29.8 Å². The minimum Gasteiger partial charge on any atom is -0.488 e. The van der Waals surface area contributed by atoms with Crippen LogP contribution in [-0.2, 0) is 11.4 Å². The summed E-state index contributed by atoms with van der Waals surface area (Å²) in [7, 11) is 0. The van der Waals surface area contributed by atoms with E-state index in [1.807, 2.05) is 120 Å². The first-order valence-corrected chi connectivity index (χ1v) is 12.1. The zero-order valence-corrected chi connectivity index (χ0v) is 20.9. The van der Waals surface area contributed by atoms with E-state index in [0.29, 0.717) is 23.2 Å². The highest BCUT2D eigenvalue weighted by Gasteiger charge is 2.40. The molecule has 0 spiro atoms. The number of hydrogen-bond acceptors (Lipinski definition) is 5. The topological polar surface area (TPSA) is 45.1 Å². The van der Waals surface area contributed by atoms with Crippen LogP contribution in [0.3, 0.4) is 0 Å². The zero-order chi connectivity index (χ0) is 25.1. The Morgan fingerprint density at radius 3 is 2.22 bits per heavy atom. The Morgan fingerprint density at radius 1 is 0.889 bits per heavy atom. The second-order valence-corrected chi connectivity index (χ2v) is 9.13. The number of benzene rings is 4.